The molecule has 1 N–H and O–H groups in total. The number of likely N-dealkylation sites (tertiary alicyclic amines) is 1. The van der Waals surface area contributed by atoms with Crippen LogP contribution in [-0.4, -0.2) is 41.9 Å². The summed E-state index contributed by atoms with van der Waals surface area (Å²) in [7, 11) is 0. The molecule has 7 nitrogen and oxygen atoms in total. The number of nitrogens with one attached hydrogen (secondary N) is 1. The van der Waals surface area contributed by atoms with Crippen molar-refractivity contribution >= 4 is 12.2 Å². The Hall–Kier alpha value is -3.29. The molecule has 2 atom stereocenters. The molecule has 190 valence electrons. The summed E-state index contributed by atoms with van der Waals surface area (Å²) in [6.07, 6.45) is 1.10. The van der Waals surface area contributed by atoms with Gasteiger partial charge in [-0.25, -0.2) is 14.0 Å². The lowest BCUT2D eigenvalue weighted by molar-refractivity contribution is 0.0503. The molecule has 3 rings (SSSR count). The van der Waals surface area contributed by atoms with Crippen molar-refractivity contribution in [3.05, 3.63) is 65.5 Å². The van der Waals surface area contributed by atoms with Gasteiger partial charge in [0.05, 0.1) is 12.6 Å². The molecule has 1 saturated heterocycles. The number of halogens is 1. The molecule has 0 bridgehead atoms. The Balaban J connectivity index is 1.59. The minimum atomic E-state index is -0.571. The monoisotopic (exact) mass is 486 g/mol. The third-order valence-electron chi connectivity index (χ3n) is 5.59. The van der Waals surface area contributed by atoms with Crippen LogP contribution < -0.4 is 10.1 Å². The van der Waals surface area contributed by atoms with Gasteiger partial charge in [0.1, 0.15) is 23.8 Å². The Morgan fingerprint density at radius 1 is 1.17 bits per heavy atom. The van der Waals surface area contributed by atoms with E-state index < -0.39 is 23.6 Å². The summed E-state index contributed by atoms with van der Waals surface area (Å²) in [5.74, 6) is 0.125. The fraction of sp³-hybridized carbons (Fsp3) is 0.481. The van der Waals surface area contributed by atoms with Gasteiger partial charge >= 0.3 is 12.2 Å². The first-order valence-corrected chi connectivity index (χ1v) is 12.0. The summed E-state index contributed by atoms with van der Waals surface area (Å²) in [5.41, 5.74) is 0.950. The van der Waals surface area contributed by atoms with Gasteiger partial charge in [0, 0.05) is 24.6 Å². The van der Waals surface area contributed by atoms with Crippen LogP contribution in [0.15, 0.2) is 48.5 Å². The van der Waals surface area contributed by atoms with Gasteiger partial charge in [-0.15, -0.1) is 0 Å². The number of alkyl carbamates (subject to hydrolysis) is 1. The maximum Gasteiger partial charge on any atom is 0.410 e. The van der Waals surface area contributed by atoms with Gasteiger partial charge in [-0.3, -0.25) is 0 Å². The average molecular weight is 487 g/mol. The molecule has 35 heavy (non-hydrogen) atoms. The SMILES string of the molecule is CC(CCOc1ccc(F)cc1[C@H]1CCCN1C(=O)OCc1ccccc1)NC(=O)OC(C)(C)C. The molecular weight excluding hydrogens is 451 g/mol. The van der Waals surface area contributed by atoms with Crippen molar-refractivity contribution < 1.29 is 28.2 Å². The van der Waals surface area contributed by atoms with Crippen molar-refractivity contribution in [2.24, 2.45) is 0 Å². The van der Waals surface area contributed by atoms with E-state index in [0.29, 0.717) is 37.3 Å². The van der Waals surface area contributed by atoms with Crippen LogP contribution in [0.3, 0.4) is 0 Å². The zero-order valence-electron chi connectivity index (χ0n) is 20.9. The molecule has 1 aliphatic heterocycles. The topological polar surface area (TPSA) is 77.1 Å². The lowest BCUT2D eigenvalue weighted by Crippen LogP contribution is -2.38. The van der Waals surface area contributed by atoms with Crippen LogP contribution >= 0.6 is 0 Å². The number of hydrogen-bond acceptors (Lipinski definition) is 5. The van der Waals surface area contributed by atoms with E-state index in [-0.39, 0.29) is 18.7 Å². The molecule has 0 aromatic heterocycles. The molecule has 1 aliphatic rings. The maximum atomic E-state index is 14.2. The second kappa shape index (κ2) is 11.9. The number of hydrogen-bond donors (Lipinski definition) is 1. The summed E-state index contributed by atoms with van der Waals surface area (Å²) in [6.45, 7) is 8.30. The predicted molar refractivity (Wildman–Crippen MR) is 131 cm³/mol. The van der Waals surface area contributed by atoms with Crippen molar-refractivity contribution in [1.82, 2.24) is 10.2 Å². The predicted octanol–water partition coefficient (Wildman–Crippen LogP) is 5.98. The number of amides is 2. The molecule has 0 radical (unpaired) electrons. The zero-order chi connectivity index (χ0) is 25.4. The summed E-state index contributed by atoms with van der Waals surface area (Å²) in [5, 5.41) is 2.78. The molecule has 1 unspecified atom stereocenters. The zero-order valence-corrected chi connectivity index (χ0v) is 20.9. The van der Waals surface area contributed by atoms with E-state index in [4.69, 9.17) is 14.2 Å². The highest BCUT2D eigenvalue weighted by Crippen LogP contribution is 2.38. The van der Waals surface area contributed by atoms with Gasteiger partial charge in [-0.05, 0) is 64.3 Å². The van der Waals surface area contributed by atoms with E-state index in [2.05, 4.69) is 5.32 Å². The Labute approximate surface area is 206 Å². The molecular formula is C27H35FN2O5. The smallest absolute Gasteiger partial charge is 0.410 e. The minimum Gasteiger partial charge on any atom is -0.493 e. The third-order valence-corrected chi connectivity index (χ3v) is 5.59. The normalized spacial score (nSPS) is 16.5. The summed E-state index contributed by atoms with van der Waals surface area (Å²) in [6, 6.07) is 13.3. The van der Waals surface area contributed by atoms with E-state index in [1.54, 1.807) is 31.7 Å². The van der Waals surface area contributed by atoms with E-state index in [1.165, 1.54) is 12.1 Å². The fourth-order valence-corrected chi connectivity index (χ4v) is 3.95. The Morgan fingerprint density at radius 3 is 2.63 bits per heavy atom. The number of nitrogens with zero attached hydrogens (tertiary/aromatic N) is 1. The molecule has 0 spiro atoms. The van der Waals surface area contributed by atoms with E-state index in [0.717, 1.165) is 12.0 Å². The van der Waals surface area contributed by atoms with Crippen LogP contribution in [0.4, 0.5) is 14.0 Å². The van der Waals surface area contributed by atoms with Crippen molar-refractivity contribution in [2.45, 2.75) is 71.2 Å². The van der Waals surface area contributed by atoms with Crippen molar-refractivity contribution in [2.75, 3.05) is 13.2 Å². The molecule has 0 saturated carbocycles. The molecule has 2 aromatic carbocycles. The van der Waals surface area contributed by atoms with Gasteiger partial charge in [-0.1, -0.05) is 30.3 Å². The van der Waals surface area contributed by atoms with E-state index >= 15 is 0 Å². The summed E-state index contributed by atoms with van der Waals surface area (Å²) in [4.78, 5) is 26.4. The highest BCUT2D eigenvalue weighted by molar-refractivity contribution is 5.69. The standard InChI is InChI=1S/C27H35FN2O5/c1-19(29-25(31)35-27(2,3)4)14-16-33-24-13-12-21(28)17-22(24)23-11-8-15-30(23)26(32)34-18-20-9-6-5-7-10-20/h5-7,9-10,12-13,17,19,23H,8,11,14-16,18H2,1-4H3,(H,29,31)/t19?,23-/m1/s1. The fourth-order valence-electron chi connectivity index (χ4n) is 3.95. The van der Waals surface area contributed by atoms with Crippen molar-refractivity contribution in [1.29, 1.82) is 0 Å². The highest BCUT2D eigenvalue weighted by Gasteiger charge is 2.33. The molecule has 2 aromatic rings. The quantitative estimate of drug-likeness (QED) is 0.497. The number of rotatable bonds is 8. The van der Waals surface area contributed by atoms with Gasteiger partial charge in [0.2, 0.25) is 0 Å². The Bertz CT molecular complexity index is 993. The first-order chi connectivity index (χ1) is 16.6. The lowest BCUT2D eigenvalue weighted by atomic mass is 10.0. The molecule has 2 amide bonds. The number of benzene rings is 2. The first kappa shape index (κ1) is 26.3. The minimum absolute atomic E-state index is 0.176. The van der Waals surface area contributed by atoms with Crippen LogP contribution in [-0.2, 0) is 16.1 Å². The molecule has 0 aliphatic carbocycles. The number of carbonyl (C=O) groups excluding carboxylic acids is 2. The van der Waals surface area contributed by atoms with Crippen LogP contribution in [0.1, 0.15) is 64.1 Å². The van der Waals surface area contributed by atoms with Gasteiger partial charge in [-0.2, -0.15) is 0 Å². The van der Waals surface area contributed by atoms with Crippen LogP contribution in [0.5, 0.6) is 5.75 Å². The highest BCUT2D eigenvalue weighted by atomic mass is 19.1. The Morgan fingerprint density at radius 2 is 1.91 bits per heavy atom. The molecule has 1 fully saturated rings. The second-order valence-corrected chi connectivity index (χ2v) is 9.76. The van der Waals surface area contributed by atoms with Crippen molar-refractivity contribution in [3.63, 3.8) is 0 Å². The Kier molecular flexibility index (Phi) is 8.95. The lowest BCUT2D eigenvalue weighted by Gasteiger charge is -2.26. The second-order valence-electron chi connectivity index (χ2n) is 9.76. The van der Waals surface area contributed by atoms with E-state index in [1.807, 2.05) is 37.3 Å². The van der Waals surface area contributed by atoms with Gasteiger partial charge in [0.15, 0.2) is 0 Å². The van der Waals surface area contributed by atoms with Crippen LogP contribution in [0.25, 0.3) is 0 Å². The summed E-state index contributed by atoms with van der Waals surface area (Å²) < 4.78 is 30.9. The first-order valence-electron chi connectivity index (χ1n) is 12.0. The van der Waals surface area contributed by atoms with Crippen LogP contribution in [0.2, 0.25) is 0 Å². The third kappa shape index (κ3) is 8.16. The molecule has 1 heterocycles. The summed E-state index contributed by atoms with van der Waals surface area (Å²) >= 11 is 0. The van der Waals surface area contributed by atoms with Gasteiger partial charge < -0.3 is 24.4 Å². The maximum absolute atomic E-state index is 14.2. The van der Waals surface area contributed by atoms with E-state index in [9.17, 15) is 14.0 Å². The number of ether oxygens (including phenoxy) is 3. The molecule has 8 heteroatoms. The average Bonchev–Trinajstić information content (AvgIpc) is 3.27. The van der Waals surface area contributed by atoms with Crippen LogP contribution in [0, 0.1) is 5.82 Å². The number of carbonyl (C=O) groups is 2. The van der Waals surface area contributed by atoms with Gasteiger partial charge in [0.25, 0.3) is 0 Å². The van der Waals surface area contributed by atoms with Crippen molar-refractivity contribution in [3.8, 4) is 5.75 Å². The largest absolute Gasteiger partial charge is 0.493 e.